The highest BCUT2D eigenvalue weighted by Gasteiger charge is 2.36. The summed E-state index contributed by atoms with van der Waals surface area (Å²) in [5.41, 5.74) is 1.76. The largest absolute Gasteiger partial charge is 0.421 e. The van der Waals surface area contributed by atoms with Crippen molar-refractivity contribution in [1.29, 1.82) is 0 Å². The van der Waals surface area contributed by atoms with Gasteiger partial charge in [0, 0.05) is 13.0 Å². The molecule has 4 nitrogen and oxygen atoms in total. The molecule has 0 fully saturated rings. The van der Waals surface area contributed by atoms with Crippen molar-refractivity contribution in [2.45, 2.75) is 51.4 Å². The normalized spacial score (nSPS) is 15.6. The molecule has 0 aliphatic carbocycles. The van der Waals surface area contributed by atoms with Gasteiger partial charge in [0.15, 0.2) is 8.32 Å². The summed E-state index contributed by atoms with van der Waals surface area (Å²) in [4.78, 5) is 14.7. The first-order chi connectivity index (χ1) is 14.7. The number of para-hydroxylation sites is 2. The van der Waals surface area contributed by atoms with Gasteiger partial charge in [-0.2, -0.15) is 0 Å². The number of rotatable bonds is 4. The molecule has 2 aromatic carbocycles. The Morgan fingerprint density at radius 1 is 1.06 bits per heavy atom. The third-order valence-corrected chi connectivity index (χ3v) is 10.4. The van der Waals surface area contributed by atoms with Crippen LogP contribution in [0.5, 0.6) is 5.75 Å². The number of fused-ring (bicyclic) bond motifs is 1. The Bertz CT molecular complexity index is 997. The van der Waals surface area contributed by atoms with Crippen molar-refractivity contribution in [2.75, 3.05) is 11.5 Å². The second-order valence-corrected chi connectivity index (χ2v) is 13.9. The topological polar surface area (TPSA) is 38.8 Å². The van der Waals surface area contributed by atoms with Crippen LogP contribution in [0.1, 0.15) is 32.8 Å². The van der Waals surface area contributed by atoms with E-state index in [1.54, 1.807) is 17.0 Å². The zero-order chi connectivity index (χ0) is 22.5. The molecule has 0 saturated heterocycles. The van der Waals surface area contributed by atoms with Crippen LogP contribution in [0, 0.1) is 11.8 Å². The van der Waals surface area contributed by atoms with Crippen LogP contribution >= 0.6 is 0 Å². The fraction of sp³-hybridized carbons (Fsp3) is 0.346. The predicted octanol–water partition coefficient (Wildman–Crippen LogP) is 6.50. The summed E-state index contributed by atoms with van der Waals surface area (Å²) >= 11 is 0. The van der Waals surface area contributed by atoms with Crippen LogP contribution in [0.15, 0.2) is 60.7 Å². The average molecular weight is 434 g/mol. The van der Waals surface area contributed by atoms with Gasteiger partial charge >= 0.3 is 6.09 Å². The van der Waals surface area contributed by atoms with Crippen molar-refractivity contribution in [1.82, 2.24) is 0 Å². The first-order valence-corrected chi connectivity index (χ1v) is 13.6. The smallest absolute Gasteiger partial charge is 0.416 e. The number of carbonyl (C=O) groups excluding carboxylic acids is 1. The maximum Gasteiger partial charge on any atom is 0.421 e. The minimum atomic E-state index is -1.78. The Balaban J connectivity index is 1.73. The molecule has 2 aromatic rings. The molecular weight excluding hydrogens is 402 g/mol. The van der Waals surface area contributed by atoms with Crippen molar-refractivity contribution in [3.8, 4) is 17.6 Å². The minimum Gasteiger partial charge on any atom is -0.416 e. The molecular formula is C26H31NO3Si. The predicted molar refractivity (Wildman–Crippen MR) is 130 cm³/mol. The average Bonchev–Trinajstić information content (AvgIpc) is 2.73. The fourth-order valence-corrected chi connectivity index (χ4v) is 4.04. The van der Waals surface area contributed by atoms with E-state index >= 15 is 0 Å². The lowest BCUT2D eigenvalue weighted by atomic mass is 10.0. The van der Waals surface area contributed by atoms with Gasteiger partial charge in [-0.3, -0.25) is 4.90 Å². The van der Waals surface area contributed by atoms with E-state index in [-0.39, 0.29) is 11.1 Å². The number of benzene rings is 2. The lowest BCUT2D eigenvalue weighted by molar-refractivity contribution is 0.207. The molecule has 0 bridgehead atoms. The lowest BCUT2D eigenvalue weighted by Gasteiger charge is -2.35. The highest BCUT2D eigenvalue weighted by atomic mass is 28.4. The number of hydrogen-bond donors (Lipinski definition) is 0. The Morgan fingerprint density at radius 2 is 1.74 bits per heavy atom. The van der Waals surface area contributed by atoms with E-state index in [0.717, 1.165) is 11.3 Å². The molecule has 0 radical (unpaired) electrons. The van der Waals surface area contributed by atoms with E-state index in [0.29, 0.717) is 18.8 Å². The zero-order valence-electron chi connectivity index (χ0n) is 19.0. The van der Waals surface area contributed by atoms with Crippen LogP contribution in [-0.4, -0.2) is 27.1 Å². The summed E-state index contributed by atoms with van der Waals surface area (Å²) in [7, 11) is -1.78. The van der Waals surface area contributed by atoms with Crippen molar-refractivity contribution in [3.63, 3.8) is 0 Å². The van der Waals surface area contributed by atoms with Gasteiger partial charge in [-0.1, -0.05) is 75.1 Å². The van der Waals surface area contributed by atoms with E-state index in [9.17, 15) is 4.79 Å². The van der Waals surface area contributed by atoms with Gasteiger partial charge in [-0.25, -0.2) is 4.79 Å². The standard InChI is InChI=1S/C26H31NO3Si/c1-26(2,3)31(4,5)29-20-12-11-14-22-19-18-21-13-9-10-17-24(21)27(22)25(28)30-23-15-7-6-8-16-23/h6-10,13,15-19,22H,12,20H2,1-5H3. The number of amides is 1. The fourth-order valence-electron chi connectivity index (χ4n) is 2.99. The first kappa shape index (κ1) is 22.9. The van der Waals surface area contributed by atoms with Crippen LogP contribution in [0.25, 0.3) is 6.08 Å². The molecule has 0 N–H and O–H groups in total. The highest BCUT2D eigenvalue weighted by Crippen LogP contribution is 2.36. The van der Waals surface area contributed by atoms with E-state index < -0.39 is 14.4 Å². The minimum absolute atomic E-state index is 0.175. The molecule has 1 unspecified atom stereocenters. The molecule has 31 heavy (non-hydrogen) atoms. The van der Waals surface area contributed by atoms with Crippen molar-refractivity contribution >= 4 is 26.2 Å². The molecule has 0 aromatic heterocycles. The van der Waals surface area contributed by atoms with Crippen LogP contribution in [0.2, 0.25) is 18.1 Å². The third-order valence-electron chi connectivity index (χ3n) is 5.82. The van der Waals surface area contributed by atoms with Crippen LogP contribution < -0.4 is 9.64 Å². The lowest BCUT2D eigenvalue weighted by Crippen LogP contribution is -2.42. The number of anilines is 1. The molecule has 1 aliphatic heterocycles. The highest BCUT2D eigenvalue weighted by molar-refractivity contribution is 6.74. The van der Waals surface area contributed by atoms with Crippen molar-refractivity contribution in [2.24, 2.45) is 0 Å². The molecule has 1 atom stereocenters. The van der Waals surface area contributed by atoms with E-state index in [1.807, 2.05) is 54.6 Å². The monoisotopic (exact) mass is 433 g/mol. The summed E-state index contributed by atoms with van der Waals surface area (Å²) in [5, 5.41) is 0.175. The number of nitrogens with zero attached hydrogens (tertiary/aromatic N) is 1. The molecule has 5 heteroatoms. The number of ether oxygens (including phenoxy) is 1. The van der Waals surface area contributed by atoms with E-state index in [2.05, 4.69) is 45.7 Å². The van der Waals surface area contributed by atoms with Crippen LogP contribution in [0.4, 0.5) is 10.5 Å². The summed E-state index contributed by atoms with van der Waals surface area (Å²) in [6, 6.07) is 16.5. The molecule has 1 aliphatic rings. The second kappa shape index (κ2) is 9.55. The van der Waals surface area contributed by atoms with Crippen LogP contribution in [0.3, 0.4) is 0 Å². The van der Waals surface area contributed by atoms with E-state index in [4.69, 9.17) is 9.16 Å². The maximum absolute atomic E-state index is 13.1. The van der Waals surface area contributed by atoms with Gasteiger partial charge in [-0.15, -0.1) is 0 Å². The van der Waals surface area contributed by atoms with Gasteiger partial charge in [0.1, 0.15) is 11.8 Å². The Morgan fingerprint density at radius 3 is 2.45 bits per heavy atom. The number of hydrogen-bond acceptors (Lipinski definition) is 3. The van der Waals surface area contributed by atoms with Gasteiger partial charge in [0.25, 0.3) is 0 Å². The maximum atomic E-state index is 13.1. The van der Waals surface area contributed by atoms with Crippen molar-refractivity contribution in [3.05, 3.63) is 66.2 Å². The Hall–Kier alpha value is -2.81. The summed E-state index contributed by atoms with van der Waals surface area (Å²) in [6.45, 7) is 11.8. The molecule has 0 saturated carbocycles. The molecule has 1 heterocycles. The summed E-state index contributed by atoms with van der Waals surface area (Å²) < 4.78 is 11.8. The molecule has 1 amide bonds. The summed E-state index contributed by atoms with van der Waals surface area (Å²) in [5.74, 6) is 6.94. The SMILES string of the molecule is CC(C)(C)[Si](C)(C)OCCC#CC1C=Cc2ccccc2N1C(=O)Oc1ccccc1. The van der Waals surface area contributed by atoms with E-state index in [1.165, 1.54) is 0 Å². The van der Waals surface area contributed by atoms with Gasteiger partial charge in [0.2, 0.25) is 0 Å². The first-order valence-electron chi connectivity index (χ1n) is 10.6. The quantitative estimate of drug-likeness (QED) is 0.314. The summed E-state index contributed by atoms with van der Waals surface area (Å²) in [6.07, 6.45) is 4.13. The van der Waals surface area contributed by atoms with Gasteiger partial charge in [-0.05, 0) is 48.0 Å². The Kier molecular flexibility index (Phi) is 7.04. The Labute approximate surface area is 187 Å². The molecule has 162 valence electrons. The van der Waals surface area contributed by atoms with Gasteiger partial charge in [0.05, 0.1) is 5.69 Å². The second-order valence-electron chi connectivity index (χ2n) is 9.09. The molecule has 3 rings (SSSR count). The van der Waals surface area contributed by atoms with Crippen LogP contribution in [-0.2, 0) is 4.43 Å². The van der Waals surface area contributed by atoms with Crippen molar-refractivity contribution < 1.29 is 14.0 Å². The zero-order valence-corrected chi connectivity index (χ0v) is 20.0. The third kappa shape index (κ3) is 5.66. The van der Waals surface area contributed by atoms with Gasteiger partial charge < -0.3 is 9.16 Å². The molecule has 0 spiro atoms. The number of carbonyl (C=O) groups is 1.